The summed E-state index contributed by atoms with van der Waals surface area (Å²) in [4.78, 5) is 50.0. The molecule has 1 aliphatic rings. The van der Waals surface area contributed by atoms with Gasteiger partial charge in [-0.15, -0.1) is 0 Å². The average molecular weight is 343 g/mol. The molecule has 1 aliphatic heterocycles. The summed E-state index contributed by atoms with van der Waals surface area (Å²) in [5, 5.41) is 2.56. The third-order valence-electron chi connectivity index (χ3n) is 3.58. The highest BCUT2D eigenvalue weighted by molar-refractivity contribution is 6.32. The Labute approximate surface area is 142 Å². The van der Waals surface area contributed by atoms with Crippen LogP contribution >= 0.6 is 0 Å². The van der Waals surface area contributed by atoms with Gasteiger partial charge in [-0.2, -0.15) is 4.68 Å². The number of primary amides is 2. The second-order valence-corrected chi connectivity index (χ2v) is 5.34. The van der Waals surface area contributed by atoms with Crippen LogP contribution in [0.4, 0.5) is 4.79 Å². The van der Waals surface area contributed by atoms with Gasteiger partial charge in [0.15, 0.2) is 11.8 Å². The molecule has 1 unspecified atom stereocenters. The van der Waals surface area contributed by atoms with Gasteiger partial charge < -0.3 is 11.5 Å². The lowest BCUT2D eigenvalue weighted by atomic mass is 10.1. The number of Topliss-reactive ketones (excluding diaryl/α,β-unsaturated/α-hetero) is 1. The van der Waals surface area contributed by atoms with Crippen molar-refractivity contribution in [3.05, 3.63) is 51.5 Å². The maximum absolute atomic E-state index is 12.0. The van der Waals surface area contributed by atoms with Gasteiger partial charge in [0, 0.05) is 17.0 Å². The fourth-order valence-corrected chi connectivity index (χ4v) is 2.32. The Morgan fingerprint density at radius 2 is 1.84 bits per heavy atom. The van der Waals surface area contributed by atoms with Crippen LogP contribution in [0.3, 0.4) is 0 Å². The van der Waals surface area contributed by atoms with Gasteiger partial charge in [0.1, 0.15) is 0 Å². The van der Waals surface area contributed by atoms with E-state index < -0.39 is 29.3 Å². The summed E-state index contributed by atoms with van der Waals surface area (Å²) in [5.74, 6) is -1.23. The number of rotatable bonds is 4. The molecule has 9 heteroatoms. The Hall–Kier alpha value is -3.49. The molecule has 2 heterocycles. The Kier molecular flexibility index (Phi) is 4.97. The van der Waals surface area contributed by atoms with Gasteiger partial charge in [-0.25, -0.2) is 4.79 Å². The molecule has 0 aliphatic carbocycles. The highest BCUT2D eigenvalue weighted by atomic mass is 16.2. The summed E-state index contributed by atoms with van der Waals surface area (Å²) in [6.07, 6.45) is 7.75. The number of hydrogen-bond donors (Lipinski definition) is 3. The lowest BCUT2D eigenvalue weighted by molar-refractivity contribution is -0.125. The number of aromatic nitrogens is 2. The zero-order valence-electron chi connectivity index (χ0n) is 13.6. The molecule has 0 spiro atoms. The first-order valence-electron chi connectivity index (χ1n) is 7.28. The fourth-order valence-electron chi connectivity index (χ4n) is 2.32. The number of nitrogens with zero attached hydrogens (tertiary/aromatic N) is 2. The number of hydrogen-bond acceptors (Lipinski definition) is 5. The van der Waals surface area contributed by atoms with Crippen LogP contribution in [0, 0.1) is 6.92 Å². The SMILES string of the molecule is CC1=NC(C(N)=O)C(=O)\C1=C/C=C/C=C/c1c(C)[nH]n(C(N)=O)c1=O. The molecule has 2 rings (SSSR count). The molecule has 0 saturated heterocycles. The molecular weight excluding hydrogens is 326 g/mol. The maximum Gasteiger partial charge on any atom is 0.341 e. The molecule has 1 atom stereocenters. The van der Waals surface area contributed by atoms with Crippen molar-refractivity contribution >= 4 is 29.5 Å². The van der Waals surface area contributed by atoms with Crippen LogP contribution in [0.25, 0.3) is 6.08 Å². The normalized spacial score (nSPS) is 19.3. The standard InChI is InChI=1S/C16H17N5O4/c1-8-10(13(22)12(19-8)14(17)23)6-4-3-5-7-11-9(2)20-21(15(11)24)16(18)25/h3-7,12,20H,1-2H3,(H2,17,23)(H2,18,25)/b4-3+,7-5+,10-6-. The Morgan fingerprint density at radius 3 is 2.36 bits per heavy atom. The molecule has 25 heavy (non-hydrogen) atoms. The number of H-pyrrole nitrogens is 1. The van der Waals surface area contributed by atoms with Gasteiger partial charge in [0.25, 0.3) is 5.56 Å². The first-order valence-corrected chi connectivity index (χ1v) is 7.28. The number of carbonyl (C=O) groups excluding carboxylic acids is 3. The predicted molar refractivity (Wildman–Crippen MR) is 92.1 cm³/mol. The van der Waals surface area contributed by atoms with Gasteiger partial charge in [-0.3, -0.25) is 24.5 Å². The third kappa shape index (κ3) is 3.55. The van der Waals surface area contributed by atoms with Crippen molar-refractivity contribution in [2.75, 3.05) is 0 Å². The number of aryl methyl sites for hydroxylation is 1. The number of ketones is 1. The minimum Gasteiger partial charge on any atom is -0.367 e. The smallest absolute Gasteiger partial charge is 0.341 e. The van der Waals surface area contributed by atoms with Gasteiger partial charge in [-0.05, 0) is 26.0 Å². The first kappa shape index (κ1) is 17.9. The van der Waals surface area contributed by atoms with E-state index in [9.17, 15) is 19.2 Å². The maximum atomic E-state index is 12.0. The second-order valence-electron chi connectivity index (χ2n) is 5.34. The molecule has 0 bridgehead atoms. The van der Waals surface area contributed by atoms with E-state index in [1.165, 1.54) is 12.2 Å². The van der Waals surface area contributed by atoms with Crippen molar-refractivity contribution in [3.63, 3.8) is 0 Å². The van der Waals surface area contributed by atoms with Crippen LogP contribution in [0.5, 0.6) is 0 Å². The second kappa shape index (κ2) is 6.95. The van der Waals surface area contributed by atoms with E-state index in [2.05, 4.69) is 10.1 Å². The summed E-state index contributed by atoms with van der Waals surface area (Å²) in [6, 6.07) is -2.06. The molecule has 130 valence electrons. The van der Waals surface area contributed by atoms with Crippen molar-refractivity contribution in [2.24, 2.45) is 16.5 Å². The highest BCUT2D eigenvalue weighted by Crippen LogP contribution is 2.15. The van der Waals surface area contributed by atoms with Crippen molar-refractivity contribution in [3.8, 4) is 0 Å². The minimum absolute atomic E-state index is 0.291. The topological polar surface area (TPSA) is 153 Å². The van der Waals surface area contributed by atoms with Crippen molar-refractivity contribution < 1.29 is 14.4 Å². The molecular formula is C16H17N5O4. The average Bonchev–Trinajstić information content (AvgIpc) is 2.98. The van der Waals surface area contributed by atoms with E-state index in [0.29, 0.717) is 27.2 Å². The highest BCUT2D eigenvalue weighted by Gasteiger charge is 2.33. The number of amides is 2. The Balaban J connectivity index is 2.15. The quantitative estimate of drug-likeness (QED) is 0.393. The van der Waals surface area contributed by atoms with Crippen LogP contribution in [0.15, 0.2) is 39.7 Å². The first-order chi connectivity index (χ1) is 11.7. The van der Waals surface area contributed by atoms with Crippen LogP contribution in [-0.2, 0) is 9.59 Å². The molecule has 1 aromatic rings. The van der Waals surface area contributed by atoms with E-state index in [4.69, 9.17) is 11.5 Å². The summed E-state index contributed by atoms with van der Waals surface area (Å²) in [6.45, 7) is 3.25. The Bertz CT molecular complexity index is 927. The largest absolute Gasteiger partial charge is 0.367 e. The number of aromatic amines is 1. The summed E-state index contributed by atoms with van der Waals surface area (Å²) in [7, 11) is 0. The molecule has 9 nitrogen and oxygen atoms in total. The molecule has 0 saturated carbocycles. The molecule has 0 aromatic carbocycles. The van der Waals surface area contributed by atoms with Crippen molar-refractivity contribution in [2.45, 2.75) is 19.9 Å². The van der Waals surface area contributed by atoms with Crippen molar-refractivity contribution in [1.29, 1.82) is 0 Å². The fraction of sp³-hybridized carbons (Fsp3) is 0.188. The predicted octanol–water partition coefficient (Wildman–Crippen LogP) is -0.195. The van der Waals surface area contributed by atoms with E-state index in [0.717, 1.165) is 0 Å². The van der Waals surface area contributed by atoms with Gasteiger partial charge >= 0.3 is 6.03 Å². The van der Waals surface area contributed by atoms with E-state index in [-0.39, 0.29) is 0 Å². The minimum atomic E-state index is -1.16. The van der Waals surface area contributed by atoms with Gasteiger partial charge in [-0.1, -0.05) is 18.2 Å². The van der Waals surface area contributed by atoms with Gasteiger partial charge in [0.2, 0.25) is 5.91 Å². The van der Waals surface area contributed by atoms with Crippen LogP contribution in [-0.4, -0.2) is 39.3 Å². The number of nitrogens with one attached hydrogen (secondary N) is 1. The zero-order valence-corrected chi connectivity index (χ0v) is 13.6. The summed E-state index contributed by atoms with van der Waals surface area (Å²) in [5.41, 5.74) is 11.2. The summed E-state index contributed by atoms with van der Waals surface area (Å²) >= 11 is 0. The molecule has 0 fully saturated rings. The zero-order chi connectivity index (χ0) is 18.7. The van der Waals surface area contributed by atoms with E-state index >= 15 is 0 Å². The number of carbonyl (C=O) groups is 3. The number of nitrogens with two attached hydrogens (primary N) is 2. The van der Waals surface area contributed by atoms with Crippen LogP contribution in [0.1, 0.15) is 18.2 Å². The molecule has 0 radical (unpaired) electrons. The lowest BCUT2D eigenvalue weighted by Gasteiger charge is -1.97. The van der Waals surface area contributed by atoms with E-state index in [1.807, 2.05) is 0 Å². The monoisotopic (exact) mass is 343 g/mol. The van der Waals surface area contributed by atoms with Crippen molar-refractivity contribution in [1.82, 2.24) is 9.78 Å². The molecule has 5 N–H and O–H groups in total. The summed E-state index contributed by atoms with van der Waals surface area (Å²) < 4.78 is 0.710. The van der Waals surface area contributed by atoms with Gasteiger partial charge in [0.05, 0.1) is 5.56 Å². The van der Waals surface area contributed by atoms with E-state index in [1.54, 1.807) is 32.1 Å². The number of aliphatic imine (C=N–C) groups is 1. The Morgan fingerprint density at radius 1 is 1.16 bits per heavy atom. The number of allylic oxidation sites excluding steroid dienone is 4. The van der Waals surface area contributed by atoms with Crippen LogP contribution in [0.2, 0.25) is 0 Å². The molecule has 2 amide bonds. The molecule has 1 aromatic heterocycles. The lowest BCUT2D eigenvalue weighted by Crippen LogP contribution is -2.31. The van der Waals surface area contributed by atoms with Crippen LogP contribution < -0.4 is 17.0 Å². The third-order valence-corrected chi connectivity index (χ3v) is 3.58.